The minimum atomic E-state index is -1.78. The van der Waals surface area contributed by atoms with Crippen molar-refractivity contribution in [2.45, 2.75) is 35.2 Å². The molecule has 4 unspecified atom stereocenters. The summed E-state index contributed by atoms with van der Waals surface area (Å²) in [7, 11) is 0. The van der Waals surface area contributed by atoms with E-state index in [9.17, 15) is 0 Å². The molecule has 296 valence electrons. The highest BCUT2D eigenvalue weighted by atomic mass is 32.2. The van der Waals surface area contributed by atoms with E-state index in [0.29, 0.717) is 0 Å². The zero-order valence-corrected chi connectivity index (χ0v) is 34.3. The third-order valence-electron chi connectivity index (χ3n) is 12.3. The van der Waals surface area contributed by atoms with Gasteiger partial charge in [0.25, 0.3) is 0 Å². The largest absolute Gasteiger partial charge is 0.311 e. The molecule has 1 aliphatic carbocycles. The molecule has 4 atom stereocenters. The highest BCUT2D eigenvalue weighted by molar-refractivity contribution is 8.13. The summed E-state index contributed by atoms with van der Waals surface area (Å²) < 4.78 is 61.5. The Morgan fingerprint density at radius 1 is 0.367 bits per heavy atom. The zero-order valence-electron chi connectivity index (χ0n) is 32.7. The van der Waals surface area contributed by atoms with E-state index >= 15 is 17.6 Å². The predicted molar refractivity (Wildman–Crippen MR) is 242 cm³/mol. The van der Waals surface area contributed by atoms with Crippen LogP contribution in [-0.4, -0.2) is 9.49 Å². The summed E-state index contributed by atoms with van der Waals surface area (Å²) in [5, 5.41) is 0. The molecule has 2 nitrogen and oxygen atoms in total. The number of hydrogen-bond donors (Lipinski definition) is 0. The molecule has 3 aliphatic rings. The highest BCUT2D eigenvalue weighted by Gasteiger charge is 2.65. The Labute approximate surface area is 355 Å². The van der Waals surface area contributed by atoms with Crippen LogP contribution in [0.5, 0.6) is 0 Å². The van der Waals surface area contributed by atoms with Gasteiger partial charge >= 0.3 is 0 Å². The van der Waals surface area contributed by atoms with Gasteiger partial charge in [-0.3, -0.25) is 0 Å². The molecule has 0 spiro atoms. The molecule has 7 aromatic carbocycles. The van der Waals surface area contributed by atoms with Crippen LogP contribution in [0.25, 0.3) is 9.81 Å². The fourth-order valence-electron chi connectivity index (χ4n) is 9.15. The van der Waals surface area contributed by atoms with Crippen molar-refractivity contribution in [2.24, 2.45) is 0 Å². The highest BCUT2D eigenvalue weighted by Crippen LogP contribution is 2.73. The second-order valence-electron chi connectivity index (χ2n) is 15.6. The molecule has 2 aliphatic heterocycles. The minimum absolute atomic E-state index is 0.107. The smallest absolute Gasteiger partial charge is 0.197 e. The maximum atomic E-state index is 16.3. The fraction of sp³-hybridized carbons (Fsp3) is 0.115. The summed E-state index contributed by atoms with van der Waals surface area (Å²) in [6.07, 6.45) is 3.86. The molecule has 10 rings (SSSR count). The lowest BCUT2D eigenvalue weighted by Crippen LogP contribution is -2.53. The maximum Gasteiger partial charge on any atom is 0.197 e. The van der Waals surface area contributed by atoms with Gasteiger partial charge in [0.15, 0.2) is 23.3 Å². The molecule has 0 radical (unpaired) electrons. The molecule has 0 aromatic heterocycles. The van der Waals surface area contributed by atoms with E-state index < -0.39 is 44.6 Å². The van der Waals surface area contributed by atoms with Gasteiger partial charge < -0.3 is 9.80 Å². The lowest BCUT2D eigenvalue weighted by Gasteiger charge is -2.52. The van der Waals surface area contributed by atoms with Crippen molar-refractivity contribution in [1.29, 1.82) is 0 Å². The van der Waals surface area contributed by atoms with Gasteiger partial charge in [0.2, 0.25) is 0 Å². The van der Waals surface area contributed by atoms with Gasteiger partial charge in [-0.05, 0) is 97.8 Å². The number of anilines is 6. The Balaban J connectivity index is 1.02. The van der Waals surface area contributed by atoms with E-state index in [1.807, 2.05) is 109 Å². The van der Waals surface area contributed by atoms with Crippen LogP contribution >= 0.6 is 23.5 Å². The van der Waals surface area contributed by atoms with Crippen LogP contribution in [0, 0.1) is 23.3 Å². The lowest BCUT2D eigenvalue weighted by atomic mass is 9.63. The van der Waals surface area contributed by atoms with Crippen LogP contribution in [0.15, 0.2) is 182 Å². The molecule has 0 bridgehead atoms. The third kappa shape index (κ3) is 6.10. The first-order valence-electron chi connectivity index (χ1n) is 19.8. The van der Waals surface area contributed by atoms with Gasteiger partial charge in [0, 0.05) is 76.4 Å². The van der Waals surface area contributed by atoms with Crippen LogP contribution in [0.3, 0.4) is 0 Å². The third-order valence-corrected chi connectivity index (χ3v) is 15.8. The number of halogens is 4. The van der Waals surface area contributed by atoms with Crippen molar-refractivity contribution in [1.82, 2.24) is 0 Å². The number of thioether (sulfide) groups is 2. The minimum Gasteiger partial charge on any atom is -0.311 e. The van der Waals surface area contributed by atoms with Crippen molar-refractivity contribution in [3.8, 4) is 0 Å². The predicted octanol–water partition coefficient (Wildman–Crippen LogP) is 15.5. The molecule has 60 heavy (non-hydrogen) atoms. The van der Waals surface area contributed by atoms with E-state index in [1.54, 1.807) is 23.5 Å². The number of fused-ring (bicyclic) bond motifs is 6. The summed E-state index contributed by atoms with van der Waals surface area (Å²) in [6.45, 7) is 4.12. The monoisotopic (exact) mass is 830 g/mol. The second-order valence-corrected chi connectivity index (χ2v) is 18.6. The maximum absolute atomic E-state index is 16.3. The van der Waals surface area contributed by atoms with Crippen LogP contribution in [-0.2, 0) is 0 Å². The van der Waals surface area contributed by atoms with Crippen LogP contribution in [0.4, 0.5) is 51.7 Å². The first-order chi connectivity index (χ1) is 29.2. The van der Waals surface area contributed by atoms with E-state index in [2.05, 4.69) is 96.4 Å². The first-order valence-corrected chi connectivity index (χ1v) is 21.5. The van der Waals surface area contributed by atoms with Crippen molar-refractivity contribution in [3.05, 3.63) is 228 Å². The standard InChI is InChI=1S/C52H38F4N2S2/c1-51-41(31-43(59-51)33-23-27-39(28-24-33)57(35-15-7-3-8-16-35)36-17-9-4-10-18-36)45-46(48(54)50(56)49(55)47(45)53)42-32-44(60-52(42,51)2)34-25-29-40(30-26-34)58(37-19-11-5-12-20-37)38-21-13-6-14-22-38/h3-32,41-42H,1-2H3. The summed E-state index contributed by atoms with van der Waals surface area (Å²) in [4.78, 5) is 6.10. The van der Waals surface area contributed by atoms with E-state index in [4.69, 9.17) is 0 Å². The van der Waals surface area contributed by atoms with E-state index in [-0.39, 0.29) is 11.1 Å². The Morgan fingerprint density at radius 2 is 0.633 bits per heavy atom. The molecule has 0 saturated heterocycles. The van der Waals surface area contributed by atoms with E-state index in [0.717, 1.165) is 55.1 Å². The molecule has 7 aromatic rings. The molecule has 0 N–H and O–H groups in total. The number of rotatable bonds is 8. The average Bonchev–Trinajstić information content (AvgIpc) is 3.85. The molecule has 0 amide bonds. The molecule has 0 saturated carbocycles. The van der Waals surface area contributed by atoms with Crippen LogP contribution in [0.1, 0.15) is 47.9 Å². The van der Waals surface area contributed by atoms with Gasteiger partial charge in [0.05, 0.1) is 0 Å². The molecule has 0 fully saturated rings. The topological polar surface area (TPSA) is 6.48 Å². The number of allylic oxidation sites excluding steroid dienone is 2. The summed E-state index contributed by atoms with van der Waals surface area (Å²) in [5.41, 5.74) is 7.52. The zero-order chi connectivity index (χ0) is 41.2. The van der Waals surface area contributed by atoms with Gasteiger partial charge in [-0.2, -0.15) is 0 Å². The molecule has 8 heteroatoms. The molecular formula is C52H38F4N2S2. The molecule has 2 heterocycles. The van der Waals surface area contributed by atoms with Crippen LogP contribution < -0.4 is 9.80 Å². The normalized spacial score (nSPS) is 21.4. The number of benzene rings is 7. The van der Waals surface area contributed by atoms with E-state index in [1.165, 1.54) is 0 Å². The molecular weight excluding hydrogens is 793 g/mol. The number of nitrogens with zero attached hydrogens (tertiary/aromatic N) is 2. The van der Waals surface area contributed by atoms with Crippen molar-refractivity contribution < 1.29 is 17.6 Å². The average molecular weight is 831 g/mol. The van der Waals surface area contributed by atoms with Gasteiger partial charge in [-0.15, -0.1) is 23.5 Å². The quantitative estimate of drug-likeness (QED) is 0.0855. The Kier molecular flexibility index (Phi) is 9.53. The Hall–Kier alpha value is -5.96. The van der Waals surface area contributed by atoms with Crippen molar-refractivity contribution >= 4 is 67.5 Å². The Bertz CT molecular complexity index is 2510. The lowest BCUT2D eigenvalue weighted by molar-refractivity contribution is 0.340. The second kappa shape index (κ2) is 14.9. The first kappa shape index (κ1) is 38.3. The SMILES string of the molecule is CC12SC(c3ccc(N(c4ccccc4)c4ccccc4)cc3)=CC1c1c(F)c(F)c(F)c(F)c1C1C=C(c3ccc(N(c4ccccc4)c4ccccc4)cc3)SC12C. The van der Waals surface area contributed by atoms with Gasteiger partial charge in [-0.25, -0.2) is 17.6 Å². The number of hydrogen-bond acceptors (Lipinski definition) is 4. The summed E-state index contributed by atoms with van der Waals surface area (Å²) in [6, 6.07) is 56.9. The van der Waals surface area contributed by atoms with Crippen molar-refractivity contribution in [2.75, 3.05) is 9.80 Å². The van der Waals surface area contributed by atoms with Crippen LogP contribution in [0.2, 0.25) is 0 Å². The Morgan fingerprint density at radius 3 is 0.917 bits per heavy atom. The fourth-order valence-corrected chi connectivity index (χ4v) is 12.5. The van der Waals surface area contributed by atoms with Gasteiger partial charge in [-0.1, -0.05) is 109 Å². The number of para-hydroxylation sites is 4. The summed E-state index contributed by atoms with van der Waals surface area (Å²) >= 11 is 3.20. The van der Waals surface area contributed by atoms with Gasteiger partial charge in [0.1, 0.15) is 0 Å². The summed E-state index contributed by atoms with van der Waals surface area (Å²) in [5.74, 6) is -7.68. The van der Waals surface area contributed by atoms with Crippen molar-refractivity contribution in [3.63, 3.8) is 0 Å².